The maximum absolute atomic E-state index is 13.1. The minimum Gasteiger partial charge on any atom is -0.480 e. The van der Waals surface area contributed by atoms with Crippen LogP contribution in [-0.4, -0.2) is 64.4 Å². The Morgan fingerprint density at radius 1 is 0.923 bits per heavy atom. The molecule has 1 aliphatic carbocycles. The lowest BCUT2D eigenvalue weighted by Gasteiger charge is -2.24. The third-order valence-electron chi connectivity index (χ3n) is 7.57. The number of ether oxygens (including phenoxy) is 1. The molecule has 0 spiro atoms. The number of rotatable bonds is 5. The van der Waals surface area contributed by atoms with Crippen molar-refractivity contribution >= 4 is 28.7 Å². The fourth-order valence-corrected chi connectivity index (χ4v) is 5.65. The second kappa shape index (κ2) is 10.2. The number of aromatic nitrogens is 2. The first-order chi connectivity index (χ1) is 19.0. The second-order valence-corrected chi connectivity index (χ2v) is 9.90. The van der Waals surface area contributed by atoms with E-state index in [0.29, 0.717) is 37.1 Å². The van der Waals surface area contributed by atoms with Crippen LogP contribution in [0.5, 0.6) is 0 Å². The number of hydrogen-bond donors (Lipinski definition) is 1. The summed E-state index contributed by atoms with van der Waals surface area (Å²) in [4.78, 5) is 45.1. The summed E-state index contributed by atoms with van der Waals surface area (Å²) in [6.07, 6.45) is 1.69. The lowest BCUT2D eigenvalue weighted by molar-refractivity contribution is -0.137. The van der Waals surface area contributed by atoms with Crippen molar-refractivity contribution in [1.29, 1.82) is 0 Å². The van der Waals surface area contributed by atoms with Gasteiger partial charge in [-0.05, 0) is 46.9 Å². The highest BCUT2D eigenvalue weighted by atomic mass is 16.6. The van der Waals surface area contributed by atoms with E-state index in [-0.39, 0.29) is 24.2 Å². The van der Waals surface area contributed by atoms with Crippen LogP contribution in [0, 0.1) is 0 Å². The van der Waals surface area contributed by atoms with Gasteiger partial charge in [-0.25, -0.2) is 9.78 Å². The van der Waals surface area contributed by atoms with Crippen molar-refractivity contribution in [2.75, 3.05) is 37.7 Å². The molecule has 6 rings (SSSR count). The Morgan fingerprint density at radius 3 is 2.36 bits per heavy atom. The minimum absolute atomic E-state index is 0.0150. The Bertz CT molecular complexity index is 1590. The predicted molar refractivity (Wildman–Crippen MR) is 147 cm³/mol. The Labute approximate surface area is 224 Å². The SMILES string of the molecule is O=C(O)Cn1cnc2ccc(N3CCCN(C(=O)OCC4c5ccccc5-c5ccccc54)CC3)cc2c1=O. The largest absolute Gasteiger partial charge is 0.480 e. The van der Waals surface area contributed by atoms with Crippen molar-refractivity contribution in [1.82, 2.24) is 14.5 Å². The van der Waals surface area contributed by atoms with Crippen molar-refractivity contribution in [2.45, 2.75) is 18.9 Å². The van der Waals surface area contributed by atoms with Crippen LogP contribution < -0.4 is 10.5 Å². The molecule has 0 unspecified atom stereocenters. The molecule has 39 heavy (non-hydrogen) atoms. The molecule has 2 aliphatic rings. The van der Waals surface area contributed by atoms with Crippen molar-refractivity contribution in [3.8, 4) is 11.1 Å². The molecule has 0 radical (unpaired) electrons. The van der Waals surface area contributed by atoms with Gasteiger partial charge < -0.3 is 19.6 Å². The highest BCUT2D eigenvalue weighted by Crippen LogP contribution is 2.44. The summed E-state index contributed by atoms with van der Waals surface area (Å²) in [7, 11) is 0. The number of anilines is 1. The first kappa shape index (κ1) is 24.7. The average molecular weight is 525 g/mol. The van der Waals surface area contributed by atoms with Crippen molar-refractivity contribution in [3.63, 3.8) is 0 Å². The summed E-state index contributed by atoms with van der Waals surface area (Å²) in [5.74, 6) is -1.09. The minimum atomic E-state index is -1.10. The predicted octanol–water partition coefficient (Wildman–Crippen LogP) is 3.94. The lowest BCUT2D eigenvalue weighted by atomic mass is 9.98. The zero-order chi connectivity index (χ0) is 26.9. The monoisotopic (exact) mass is 524 g/mol. The first-order valence-corrected chi connectivity index (χ1v) is 13.1. The topological polar surface area (TPSA) is 105 Å². The first-order valence-electron chi connectivity index (χ1n) is 13.1. The van der Waals surface area contributed by atoms with Crippen LogP contribution >= 0.6 is 0 Å². The van der Waals surface area contributed by atoms with Crippen LogP contribution in [0.2, 0.25) is 0 Å². The maximum Gasteiger partial charge on any atom is 0.409 e. The molecular weight excluding hydrogens is 496 g/mol. The smallest absolute Gasteiger partial charge is 0.409 e. The number of carbonyl (C=O) groups excluding carboxylic acids is 1. The Morgan fingerprint density at radius 2 is 1.64 bits per heavy atom. The molecule has 9 nitrogen and oxygen atoms in total. The summed E-state index contributed by atoms with van der Waals surface area (Å²) < 4.78 is 6.96. The molecule has 0 atom stereocenters. The number of aliphatic carboxylic acids is 1. The molecule has 1 aliphatic heterocycles. The zero-order valence-corrected chi connectivity index (χ0v) is 21.3. The number of amides is 1. The van der Waals surface area contributed by atoms with E-state index in [1.807, 2.05) is 30.3 Å². The van der Waals surface area contributed by atoms with Gasteiger partial charge in [0.1, 0.15) is 13.2 Å². The molecule has 2 heterocycles. The summed E-state index contributed by atoms with van der Waals surface area (Å²) in [6, 6.07) is 22.0. The molecule has 4 aromatic rings. The van der Waals surface area contributed by atoms with Gasteiger partial charge in [-0.15, -0.1) is 0 Å². The van der Waals surface area contributed by atoms with Gasteiger partial charge in [0.25, 0.3) is 5.56 Å². The van der Waals surface area contributed by atoms with E-state index >= 15 is 0 Å². The highest BCUT2D eigenvalue weighted by molar-refractivity contribution is 5.82. The summed E-state index contributed by atoms with van der Waals surface area (Å²) >= 11 is 0. The van der Waals surface area contributed by atoms with Gasteiger partial charge in [0.15, 0.2) is 0 Å². The van der Waals surface area contributed by atoms with Gasteiger partial charge >= 0.3 is 12.1 Å². The van der Waals surface area contributed by atoms with Crippen LogP contribution in [0.15, 0.2) is 77.9 Å². The molecule has 198 valence electrons. The average Bonchev–Trinajstić information content (AvgIpc) is 3.08. The number of hydrogen-bond acceptors (Lipinski definition) is 6. The van der Waals surface area contributed by atoms with E-state index in [4.69, 9.17) is 9.84 Å². The van der Waals surface area contributed by atoms with Gasteiger partial charge in [0.05, 0.1) is 17.2 Å². The summed E-state index contributed by atoms with van der Waals surface area (Å²) in [6.45, 7) is 2.21. The number of carboxylic acid groups (broad SMARTS) is 1. The Hall–Kier alpha value is -4.66. The van der Waals surface area contributed by atoms with Crippen molar-refractivity contribution < 1.29 is 19.4 Å². The van der Waals surface area contributed by atoms with Crippen LogP contribution in [0.1, 0.15) is 23.5 Å². The van der Waals surface area contributed by atoms with E-state index in [0.717, 1.165) is 16.7 Å². The normalized spacial score (nSPS) is 15.1. The molecular formula is C30H28N4O5. The molecule has 1 N–H and O–H groups in total. The molecule has 1 saturated heterocycles. The van der Waals surface area contributed by atoms with Crippen LogP contribution in [0.25, 0.3) is 22.0 Å². The van der Waals surface area contributed by atoms with Crippen molar-refractivity contribution in [3.05, 3.63) is 94.5 Å². The Balaban J connectivity index is 1.13. The fourth-order valence-electron chi connectivity index (χ4n) is 5.65. The summed E-state index contributed by atoms with van der Waals surface area (Å²) in [5.41, 5.74) is 5.71. The number of carbonyl (C=O) groups is 2. The maximum atomic E-state index is 13.1. The Kier molecular flexibility index (Phi) is 6.48. The third kappa shape index (κ3) is 4.71. The molecule has 1 fully saturated rings. The number of nitrogens with zero attached hydrogens (tertiary/aromatic N) is 4. The quantitative estimate of drug-likeness (QED) is 0.422. The van der Waals surface area contributed by atoms with Crippen LogP contribution in [-0.2, 0) is 16.1 Å². The van der Waals surface area contributed by atoms with Gasteiger partial charge in [-0.1, -0.05) is 48.5 Å². The molecule has 1 amide bonds. The van der Waals surface area contributed by atoms with Gasteiger partial charge in [-0.2, -0.15) is 0 Å². The third-order valence-corrected chi connectivity index (χ3v) is 7.57. The molecule has 3 aromatic carbocycles. The lowest BCUT2D eigenvalue weighted by Crippen LogP contribution is -2.36. The van der Waals surface area contributed by atoms with E-state index in [1.54, 1.807) is 17.0 Å². The second-order valence-electron chi connectivity index (χ2n) is 9.90. The van der Waals surface area contributed by atoms with Crippen LogP contribution in [0.3, 0.4) is 0 Å². The summed E-state index contributed by atoms with van der Waals surface area (Å²) in [5, 5.41) is 9.44. The van der Waals surface area contributed by atoms with E-state index in [9.17, 15) is 14.4 Å². The van der Waals surface area contributed by atoms with Gasteiger partial charge in [0.2, 0.25) is 0 Å². The number of carboxylic acids is 1. The zero-order valence-electron chi connectivity index (χ0n) is 21.3. The molecule has 9 heteroatoms. The van der Waals surface area contributed by atoms with E-state index < -0.39 is 12.5 Å². The van der Waals surface area contributed by atoms with E-state index in [2.05, 4.69) is 34.1 Å². The van der Waals surface area contributed by atoms with Gasteiger partial charge in [0, 0.05) is 37.8 Å². The number of benzene rings is 3. The molecule has 0 saturated carbocycles. The van der Waals surface area contributed by atoms with E-state index in [1.165, 1.54) is 28.6 Å². The molecule has 0 bridgehead atoms. The van der Waals surface area contributed by atoms with Crippen LogP contribution in [0.4, 0.5) is 10.5 Å². The highest BCUT2D eigenvalue weighted by Gasteiger charge is 2.30. The fraction of sp³-hybridized carbons (Fsp3) is 0.267. The molecule has 1 aromatic heterocycles. The number of fused-ring (bicyclic) bond motifs is 4. The van der Waals surface area contributed by atoms with Gasteiger partial charge in [-0.3, -0.25) is 14.2 Å². The standard InChI is InChI=1S/C30H28N4O5/c35-28(36)17-34-19-31-27-11-10-20(16-25(27)29(34)37)32-12-5-13-33(15-14-32)30(38)39-18-26-23-8-3-1-6-21(23)22-7-2-4-9-24(22)26/h1-4,6-11,16,19,26H,5,12-15,17-18H2,(H,35,36). The van der Waals surface area contributed by atoms with Crippen molar-refractivity contribution in [2.24, 2.45) is 0 Å².